The van der Waals surface area contributed by atoms with Gasteiger partial charge in [-0.2, -0.15) is 0 Å². The summed E-state index contributed by atoms with van der Waals surface area (Å²) < 4.78 is 6.00. The quantitative estimate of drug-likeness (QED) is 0.500. The van der Waals surface area contributed by atoms with Crippen molar-refractivity contribution in [3.05, 3.63) is 12.7 Å². The minimum Gasteiger partial charge on any atom is -0.375 e. The minimum atomic E-state index is 0.391. The fourth-order valence-electron chi connectivity index (χ4n) is 3.51. The fraction of sp³-hybridized carbons (Fsp3) is 0.882. The van der Waals surface area contributed by atoms with Crippen molar-refractivity contribution in [1.29, 1.82) is 0 Å². The van der Waals surface area contributed by atoms with Crippen molar-refractivity contribution in [2.24, 2.45) is 11.8 Å². The van der Waals surface area contributed by atoms with E-state index in [9.17, 15) is 0 Å². The lowest BCUT2D eigenvalue weighted by molar-refractivity contribution is 0.0471. The summed E-state index contributed by atoms with van der Waals surface area (Å²) in [6, 6.07) is 0.615. The highest BCUT2D eigenvalue weighted by atomic mass is 16.5. The molecular weight excluding hydrogens is 234 g/mol. The molecule has 5 unspecified atom stereocenters. The number of hydrogen-bond donors (Lipinski definition) is 1. The van der Waals surface area contributed by atoms with Gasteiger partial charge in [0.05, 0.1) is 12.2 Å². The maximum atomic E-state index is 6.00. The number of hydrogen-bond acceptors (Lipinski definition) is 2. The molecule has 2 heteroatoms. The summed E-state index contributed by atoms with van der Waals surface area (Å²) in [6.45, 7) is 13.9. The standard InChI is InChI=1S/C17H33NO/c1-6-8-9-10-11-12-16(18-7-2)17-13(3)14(4)19-15(17)5/h6,13-18H,1,7-12H2,2-5H3. The Hall–Kier alpha value is -0.340. The first-order valence-electron chi connectivity index (χ1n) is 8.11. The summed E-state index contributed by atoms with van der Waals surface area (Å²) in [4.78, 5) is 0. The monoisotopic (exact) mass is 267 g/mol. The van der Waals surface area contributed by atoms with Gasteiger partial charge >= 0.3 is 0 Å². The maximum Gasteiger partial charge on any atom is 0.0597 e. The van der Waals surface area contributed by atoms with E-state index >= 15 is 0 Å². The summed E-state index contributed by atoms with van der Waals surface area (Å²) in [7, 11) is 0. The van der Waals surface area contributed by atoms with Gasteiger partial charge in [0, 0.05) is 12.0 Å². The zero-order valence-corrected chi connectivity index (χ0v) is 13.3. The van der Waals surface area contributed by atoms with E-state index in [4.69, 9.17) is 4.74 Å². The first-order chi connectivity index (χ1) is 9.11. The van der Waals surface area contributed by atoms with Gasteiger partial charge in [-0.25, -0.2) is 0 Å². The summed E-state index contributed by atoms with van der Waals surface area (Å²) in [6.07, 6.45) is 9.17. The van der Waals surface area contributed by atoms with Crippen molar-refractivity contribution in [2.75, 3.05) is 6.54 Å². The summed E-state index contributed by atoms with van der Waals surface area (Å²) >= 11 is 0. The summed E-state index contributed by atoms with van der Waals surface area (Å²) in [5.74, 6) is 1.32. The van der Waals surface area contributed by atoms with E-state index in [1.54, 1.807) is 0 Å². The lowest BCUT2D eigenvalue weighted by atomic mass is 9.81. The van der Waals surface area contributed by atoms with E-state index in [0.29, 0.717) is 30.1 Å². The molecule has 0 aromatic rings. The molecule has 0 aromatic carbocycles. The zero-order chi connectivity index (χ0) is 14.3. The lowest BCUT2D eigenvalue weighted by Crippen LogP contribution is -2.41. The van der Waals surface area contributed by atoms with Gasteiger partial charge in [0.2, 0.25) is 0 Å². The Balaban J connectivity index is 2.44. The van der Waals surface area contributed by atoms with Crippen LogP contribution in [0.1, 0.15) is 59.8 Å². The lowest BCUT2D eigenvalue weighted by Gasteiger charge is -2.29. The Bertz CT molecular complexity index is 254. The molecule has 0 aromatic heterocycles. The molecule has 1 fully saturated rings. The molecule has 1 aliphatic rings. The maximum absolute atomic E-state index is 6.00. The normalized spacial score (nSPS) is 32.4. The summed E-state index contributed by atoms with van der Waals surface area (Å²) in [5, 5.41) is 3.70. The van der Waals surface area contributed by atoms with Gasteiger partial charge in [0.1, 0.15) is 0 Å². The van der Waals surface area contributed by atoms with Crippen LogP contribution >= 0.6 is 0 Å². The van der Waals surface area contributed by atoms with Crippen LogP contribution in [0.4, 0.5) is 0 Å². The second-order valence-corrected chi connectivity index (χ2v) is 6.07. The molecule has 5 atom stereocenters. The van der Waals surface area contributed by atoms with Gasteiger partial charge < -0.3 is 10.1 Å². The molecule has 112 valence electrons. The van der Waals surface area contributed by atoms with E-state index in [2.05, 4.69) is 39.6 Å². The predicted molar refractivity (Wildman–Crippen MR) is 83.4 cm³/mol. The van der Waals surface area contributed by atoms with Crippen molar-refractivity contribution < 1.29 is 4.74 Å². The Morgan fingerprint density at radius 2 is 1.89 bits per heavy atom. The van der Waals surface area contributed by atoms with E-state index in [1.807, 2.05) is 6.08 Å². The van der Waals surface area contributed by atoms with Crippen LogP contribution in [0, 0.1) is 11.8 Å². The highest BCUT2D eigenvalue weighted by Crippen LogP contribution is 2.36. The van der Waals surface area contributed by atoms with Gasteiger partial charge in [0.25, 0.3) is 0 Å². The third-order valence-electron chi connectivity index (χ3n) is 4.67. The van der Waals surface area contributed by atoms with Crippen molar-refractivity contribution in [1.82, 2.24) is 5.32 Å². The molecule has 1 N–H and O–H groups in total. The molecule has 0 spiro atoms. The third-order valence-corrected chi connectivity index (χ3v) is 4.67. The Kier molecular flexibility index (Phi) is 7.70. The Morgan fingerprint density at radius 1 is 1.16 bits per heavy atom. The SMILES string of the molecule is C=CCCCCCC(NCC)C1C(C)OC(C)C1C. The number of unbranched alkanes of at least 4 members (excludes halogenated alkanes) is 3. The topological polar surface area (TPSA) is 21.3 Å². The van der Waals surface area contributed by atoms with Crippen LogP contribution in [-0.4, -0.2) is 24.8 Å². The average molecular weight is 267 g/mol. The zero-order valence-electron chi connectivity index (χ0n) is 13.3. The van der Waals surface area contributed by atoms with Crippen LogP contribution in [0.15, 0.2) is 12.7 Å². The van der Waals surface area contributed by atoms with Gasteiger partial charge in [-0.3, -0.25) is 0 Å². The van der Waals surface area contributed by atoms with Crippen molar-refractivity contribution in [3.8, 4) is 0 Å². The van der Waals surface area contributed by atoms with Crippen LogP contribution < -0.4 is 5.32 Å². The van der Waals surface area contributed by atoms with E-state index in [0.717, 1.165) is 13.0 Å². The summed E-state index contributed by atoms with van der Waals surface area (Å²) in [5.41, 5.74) is 0. The molecule has 0 radical (unpaired) electrons. The molecule has 19 heavy (non-hydrogen) atoms. The molecule has 0 saturated carbocycles. The average Bonchev–Trinajstić information content (AvgIpc) is 2.62. The third kappa shape index (κ3) is 4.92. The van der Waals surface area contributed by atoms with Crippen LogP contribution in [0.2, 0.25) is 0 Å². The van der Waals surface area contributed by atoms with E-state index in [-0.39, 0.29) is 0 Å². The Morgan fingerprint density at radius 3 is 2.42 bits per heavy atom. The highest BCUT2D eigenvalue weighted by Gasteiger charge is 2.40. The van der Waals surface area contributed by atoms with Gasteiger partial charge in [0.15, 0.2) is 0 Å². The van der Waals surface area contributed by atoms with Crippen LogP contribution in [0.25, 0.3) is 0 Å². The molecule has 1 aliphatic heterocycles. The second kappa shape index (κ2) is 8.76. The van der Waals surface area contributed by atoms with E-state index in [1.165, 1.54) is 25.7 Å². The van der Waals surface area contributed by atoms with E-state index < -0.39 is 0 Å². The largest absolute Gasteiger partial charge is 0.375 e. The van der Waals surface area contributed by atoms with Gasteiger partial charge in [-0.1, -0.05) is 32.8 Å². The molecule has 0 amide bonds. The van der Waals surface area contributed by atoms with Crippen LogP contribution in [0.5, 0.6) is 0 Å². The fourth-order valence-corrected chi connectivity index (χ4v) is 3.51. The predicted octanol–water partition coefficient (Wildman–Crippen LogP) is 4.16. The second-order valence-electron chi connectivity index (χ2n) is 6.07. The first kappa shape index (κ1) is 16.7. The number of ether oxygens (including phenoxy) is 1. The minimum absolute atomic E-state index is 0.391. The van der Waals surface area contributed by atoms with Crippen LogP contribution in [-0.2, 0) is 4.74 Å². The molecule has 0 aliphatic carbocycles. The molecule has 2 nitrogen and oxygen atoms in total. The molecule has 1 rings (SSSR count). The van der Waals surface area contributed by atoms with Crippen LogP contribution in [0.3, 0.4) is 0 Å². The highest BCUT2D eigenvalue weighted by molar-refractivity contribution is 4.91. The number of nitrogens with one attached hydrogen (secondary N) is 1. The van der Waals surface area contributed by atoms with Crippen molar-refractivity contribution >= 4 is 0 Å². The number of rotatable bonds is 9. The van der Waals surface area contributed by atoms with Crippen molar-refractivity contribution in [3.63, 3.8) is 0 Å². The molecular formula is C17H33NO. The first-order valence-corrected chi connectivity index (χ1v) is 8.11. The van der Waals surface area contributed by atoms with Crippen molar-refractivity contribution in [2.45, 2.75) is 78.0 Å². The molecule has 0 bridgehead atoms. The number of allylic oxidation sites excluding steroid dienone is 1. The molecule has 1 saturated heterocycles. The molecule has 1 heterocycles. The van der Waals surface area contributed by atoms with Gasteiger partial charge in [-0.15, -0.1) is 6.58 Å². The van der Waals surface area contributed by atoms with Gasteiger partial charge in [-0.05, 0) is 45.6 Å². The smallest absolute Gasteiger partial charge is 0.0597 e. The Labute approximate surface area is 120 Å².